The lowest BCUT2D eigenvalue weighted by Gasteiger charge is -2.34. The van der Waals surface area contributed by atoms with E-state index in [0.29, 0.717) is 12.0 Å². The SMILES string of the molecule is O=C(/C=C/c1cccc(F)c1)N1CCCCC1CCO. The average Bonchev–Trinajstić information content (AvgIpc) is 2.46. The first-order valence-corrected chi connectivity index (χ1v) is 7.06. The molecule has 0 aliphatic carbocycles. The van der Waals surface area contributed by atoms with Gasteiger partial charge in [-0.3, -0.25) is 4.79 Å². The summed E-state index contributed by atoms with van der Waals surface area (Å²) in [4.78, 5) is 14.0. The fraction of sp³-hybridized carbons (Fsp3) is 0.438. The normalized spacial score (nSPS) is 19.5. The van der Waals surface area contributed by atoms with Crippen molar-refractivity contribution in [3.05, 3.63) is 41.7 Å². The quantitative estimate of drug-likeness (QED) is 0.859. The second-order valence-corrected chi connectivity index (χ2v) is 5.08. The highest BCUT2D eigenvalue weighted by molar-refractivity contribution is 5.92. The van der Waals surface area contributed by atoms with E-state index in [1.165, 1.54) is 18.2 Å². The number of amides is 1. The topological polar surface area (TPSA) is 40.5 Å². The van der Waals surface area contributed by atoms with Crippen molar-refractivity contribution in [2.24, 2.45) is 0 Å². The molecule has 1 unspecified atom stereocenters. The van der Waals surface area contributed by atoms with Gasteiger partial charge in [-0.15, -0.1) is 0 Å². The van der Waals surface area contributed by atoms with E-state index in [2.05, 4.69) is 0 Å². The van der Waals surface area contributed by atoms with E-state index in [1.54, 1.807) is 18.2 Å². The van der Waals surface area contributed by atoms with Gasteiger partial charge in [-0.05, 0) is 49.5 Å². The lowest BCUT2D eigenvalue weighted by Crippen LogP contribution is -2.43. The van der Waals surface area contributed by atoms with Crippen molar-refractivity contribution in [3.63, 3.8) is 0 Å². The number of hydrogen-bond donors (Lipinski definition) is 1. The van der Waals surface area contributed by atoms with Gasteiger partial charge in [0.15, 0.2) is 0 Å². The maximum atomic E-state index is 13.1. The predicted molar refractivity (Wildman–Crippen MR) is 76.5 cm³/mol. The van der Waals surface area contributed by atoms with Gasteiger partial charge in [0.1, 0.15) is 5.82 Å². The van der Waals surface area contributed by atoms with Crippen LogP contribution in [0.25, 0.3) is 6.08 Å². The molecule has 1 aromatic rings. The van der Waals surface area contributed by atoms with Gasteiger partial charge in [-0.25, -0.2) is 4.39 Å². The molecule has 1 saturated heterocycles. The zero-order chi connectivity index (χ0) is 14.4. The number of benzene rings is 1. The van der Waals surface area contributed by atoms with Crippen LogP contribution in [0.4, 0.5) is 4.39 Å². The van der Waals surface area contributed by atoms with Crippen LogP contribution in [0.2, 0.25) is 0 Å². The molecule has 1 heterocycles. The maximum absolute atomic E-state index is 13.1. The van der Waals surface area contributed by atoms with Crippen LogP contribution in [0.5, 0.6) is 0 Å². The second-order valence-electron chi connectivity index (χ2n) is 5.08. The lowest BCUT2D eigenvalue weighted by molar-refractivity contribution is -0.129. The molecule has 1 fully saturated rings. The van der Waals surface area contributed by atoms with Crippen LogP contribution in [-0.2, 0) is 4.79 Å². The van der Waals surface area contributed by atoms with Crippen molar-refractivity contribution in [1.29, 1.82) is 0 Å². The summed E-state index contributed by atoms with van der Waals surface area (Å²) in [6, 6.07) is 6.27. The number of aliphatic hydroxyl groups excluding tert-OH is 1. The lowest BCUT2D eigenvalue weighted by atomic mass is 9.99. The highest BCUT2D eigenvalue weighted by Crippen LogP contribution is 2.20. The number of carbonyl (C=O) groups is 1. The number of rotatable bonds is 4. The smallest absolute Gasteiger partial charge is 0.246 e. The standard InChI is InChI=1S/C16H20FNO2/c17-14-5-3-4-13(12-14)7-8-16(20)18-10-2-1-6-15(18)9-11-19/h3-5,7-8,12,15,19H,1-2,6,9-11H2/b8-7+. The van der Waals surface area contributed by atoms with Gasteiger partial charge in [0.2, 0.25) is 5.91 Å². The summed E-state index contributed by atoms with van der Waals surface area (Å²) >= 11 is 0. The van der Waals surface area contributed by atoms with Crippen LogP contribution in [0.15, 0.2) is 30.3 Å². The van der Waals surface area contributed by atoms with Gasteiger partial charge in [0.05, 0.1) is 0 Å². The van der Waals surface area contributed by atoms with Gasteiger partial charge in [0, 0.05) is 25.3 Å². The van der Waals surface area contributed by atoms with Crippen LogP contribution < -0.4 is 0 Å². The molecule has 1 aromatic carbocycles. The van der Waals surface area contributed by atoms with E-state index in [1.807, 2.05) is 4.90 Å². The minimum absolute atomic E-state index is 0.0626. The van der Waals surface area contributed by atoms with Crippen LogP contribution >= 0.6 is 0 Å². The summed E-state index contributed by atoms with van der Waals surface area (Å²) < 4.78 is 13.1. The summed E-state index contributed by atoms with van der Waals surface area (Å²) in [6.07, 6.45) is 6.80. The number of nitrogens with zero attached hydrogens (tertiary/aromatic N) is 1. The largest absolute Gasteiger partial charge is 0.396 e. The highest BCUT2D eigenvalue weighted by atomic mass is 19.1. The molecule has 108 valence electrons. The molecule has 20 heavy (non-hydrogen) atoms. The van der Waals surface area contributed by atoms with Crippen molar-refractivity contribution < 1.29 is 14.3 Å². The molecule has 1 atom stereocenters. The third-order valence-electron chi connectivity index (χ3n) is 3.64. The van der Waals surface area contributed by atoms with E-state index in [9.17, 15) is 9.18 Å². The van der Waals surface area contributed by atoms with E-state index in [4.69, 9.17) is 5.11 Å². The minimum atomic E-state index is -0.310. The summed E-state index contributed by atoms with van der Waals surface area (Å²) in [5.74, 6) is -0.372. The molecule has 3 nitrogen and oxygen atoms in total. The van der Waals surface area contributed by atoms with Crippen LogP contribution in [0.1, 0.15) is 31.2 Å². The Labute approximate surface area is 118 Å². The van der Waals surface area contributed by atoms with Crippen LogP contribution in [-0.4, -0.2) is 35.1 Å². The Morgan fingerprint density at radius 2 is 2.30 bits per heavy atom. The molecule has 0 bridgehead atoms. The Morgan fingerprint density at radius 1 is 1.45 bits per heavy atom. The minimum Gasteiger partial charge on any atom is -0.396 e. The van der Waals surface area contributed by atoms with Crippen LogP contribution in [0.3, 0.4) is 0 Å². The fourth-order valence-corrected chi connectivity index (χ4v) is 2.61. The number of likely N-dealkylation sites (tertiary alicyclic amines) is 1. The van der Waals surface area contributed by atoms with Crippen molar-refractivity contribution in [3.8, 4) is 0 Å². The van der Waals surface area contributed by atoms with Gasteiger partial charge in [0.25, 0.3) is 0 Å². The molecule has 1 N–H and O–H groups in total. The fourth-order valence-electron chi connectivity index (χ4n) is 2.61. The Hall–Kier alpha value is -1.68. The van der Waals surface area contributed by atoms with Crippen molar-refractivity contribution in [1.82, 2.24) is 4.90 Å². The van der Waals surface area contributed by atoms with Gasteiger partial charge in [-0.2, -0.15) is 0 Å². The second kappa shape index (κ2) is 7.20. The van der Waals surface area contributed by atoms with Gasteiger partial charge in [-0.1, -0.05) is 12.1 Å². The first-order chi connectivity index (χ1) is 9.70. The summed E-state index contributed by atoms with van der Waals surface area (Å²) in [5.41, 5.74) is 0.675. The molecule has 1 amide bonds. The predicted octanol–water partition coefficient (Wildman–Crippen LogP) is 2.60. The summed E-state index contributed by atoms with van der Waals surface area (Å²) in [6.45, 7) is 0.832. The molecule has 0 radical (unpaired) electrons. The first-order valence-electron chi connectivity index (χ1n) is 7.06. The molecule has 0 aromatic heterocycles. The average molecular weight is 277 g/mol. The van der Waals surface area contributed by atoms with Gasteiger partial charge < -0.3 is 10.0 Å². The molecule has 2 rings (SSSR count). The zero-order valence-corrected chi connectivity index (χ0v) is 11.5. The van der Waals surface area contributed by atoms with E-state index < -0.39 is 0 Å². The molecule has 0 spiro atoms. The third kappa shape index (κ3) is 3.90. The number of carbonyl (C=O) groups excluding carboxylic acids is 1. The van der Waals surface area contributed by atoms with Crippen LogP contribution in [0, 0.1) is 5.82 Å². The number of hydrogen-bond acceptors (Lipinski definition) is 2. The van der Waals surface area contributed by atoms with Gasteiger partial charge >= 0.3 is 0 Å². The third-order valence-corrected chi connectivity index (χ3v) is 3.64. The summed E-state index contributed by atoms with van der Waals surface area (Å²) in [5, 5.41) is 9.06. The Kier molecular flexibility index (Phi) is 5.30. The monoisotopic (exact) mass is 277 g/mol. The molecular formula is C16H20FNO2. The molecule has 1 aliphatic heterocycles. The van der Waals surface area contributed by atoms with Crippen molar-refractivity contribution >= 4 is 12.0 Å². The van der Waals surface area contributed by atoms with E-state index in [-0.39, 0.29) is 24.4 Å². The maximum Gasteiger partial charge on any atom is 0.246 e. The zero-order valence-electron chi connectivity index (χ0n) is 11.5. The first kappa shape index (κ1) is 14.7. The summed E-state index contributed by atoms with van der Waals surface area (Å²) in [7, 11) is 0. The molecule has 0 saturated carbocycles. The van der Waals surface area contributed by atoms with E-state index >= 15 is 0 Å². The Balaban J connectivity index is 2.02. The molecule has 4 heteroatoms. The number of aliphatic hydroxyl groups is 1. The molecular weight excluding hydrogens is 257 g/mol. The van der Waals surface area contributed by atoms with E-state index in [0.717, 1.165) is 25.8 Å². The number of halogens is 1. The van der Waals surface area contributed by atoms with Crippen molar-refractivity contribution in [2.75, 3.05) is 13.2 Å². The highest BCUT2D eigenvalue weighted by Gasteiger charge is 2.24. The number of piperidine rings is 1. The Morgan fingerprint density at radius 3 is 3.05 bits per heavy atom. The van der Waals surface area contributed by atoms with Crippen molar-refractivity contribution in [2.45, 2.75) is 31.7 Å². The molecule has 1 aliphatic rings. The Bertz CT molecular complexity index is 485.